The summed E-state index contributed by atoms with van der Waals surface area (Å²) in [6.07, 6.45) is 0. The van der Waals surface area contributed by atoms with E-state index in [9.17, 15) is 30.7 Å². The van der Waals surface area contributed by atoms with Gasteiger partial charge in [0, 0.05) is 18.1 Å². The summed E-state index contributed by atoms with van der Waals surface area (Å²) in [5.41, 5.74) is -1.28. The van der Waals surface area contributed by atoms with Crippen molar-refractivity contribution in [2.24, 2.45) is 0 Å². The summed E-state index contributed by atoms with van der Waals surface area (Å²) in [5, 5.41) is -0.186. The topological polar surface area (TPSA) is 9.23 Å². The van der Waals surface area contributed by atoms with E-state index >= 15 is 0 Å². The largest absolute Gasteiger partial charge is 0.380 e. The highest BCUT2D eigenvalue weighted by molar-refractivity contribution is 5.84. The van der Waals surface area contributed by atoms with Gasteiger partial charge in [0.05, 0.1) is 17.7 Å². The van der Waals surface area contributed by atoms with Gasteiger partial charge in [-0.15, -0.1) is 0 Å². The Morgan fingerprint density at radius 1 is 0.676 bits per heavy atom. The van der Waals surface area contributed by atoms with Crippen molar-refractivity contribution >= 4 is 10.8 Å². The second kappa shape index (κ2) is 9.20. The van der Waals surface area contributed by atoms with Gasteiger partial charge in [-0.1, -0.05) is 17.9 Å². The van der Waals surface area contributed by atoms with E-state index in [2.05, 4.69) is 11.8 Å². The van der Waals surface area contributed by atoms with Gasteiger partial charge in [0.25, 0.3) is 0 Å². The van der Waals surface area contributed by atoms with E-state index in [-0.39, 0.29) is 34.1 Å². The molecule has 0 aliphatic carbocycles. The fraction of sp³-hybridized carbons (Fsp3) is 0.0769. The minimum absolute atomic E-state index is 0.00219. The Morgan fingerprint density at radius 2 is 1.32 bits per heavy atom. The summed E-state index contributed by atoms with van der Waals surface area (Å²) < 4.78 is 104. The first-order valence-electron chi connectivity index (χ1n) is 9.75. The molecule has 0 fully saturated rings. The molecule has 0 aliphatic heterocycles. The number of halogens is 7. The highest BCUT2D eigenvalue weighted by atomic mass is 19.2. The van der Waals surface area contributed by atoms with Crippen molar-refractivity contribution in [3.05, 3.63) is 106 Å². The second-order valence-electron chi connectivity index (χ2n) is 7.35. The summed E-state index contributed by atoms with van der Waals surface area (Å²) in [4.78, 5) is 0. The molecule has 0 unspecified atom stereocenters. The SMILES string of the molecule is COCc1cc(F)c(-c2cc(F)c(C#Cc3ccc4c(F)c(F)c(F)cc4c3)c(F)c2)c(F)c1. The standard InChI is InChI=1S/C26H13F7O/c1-34-12-14-7-21(29)24(22(30)8-14)16-10-19(27)18(20(28)11-16)5-3-13-2-4-17-15(6-13)9-23(31)26(33)25(17)32/h2,4,6-11H,12H2,1H3. The molecule has 4 aromatic carbocycles. The molecule has 0 N–H and O–H groups in total. The van der Waals surface area contributed by atoms with Crippen LogP contribution in [0.5, 0.6) is 0 Å². The molecule has 4 aromatic rings. The molecule has 0 aliphatic rings. The molecule has 0 spiro atoms. The first-order valence-corrected chi connectivity index (χ1v) is 9.75. The molecule has 34 heavy (non-hydrogen) atoms. The second-order valence-corrected chi connectivity index (χ2v) is 7.35. The Hall–Kier alpha value is -3.83. The van der Waals surface area contributed by atoms with Gasteiger partial charge in [0.15, 0.2) is 17.5 Å². The Morgan fingerprint density at radius 3 is 1.94 bits per heavy atom. The molecule has 0 saturated carbocycles. The maximum atomic E-state index is 14.6. The molecule has 0 saturated heterocycles. The molecule has 8 heteroatoms. The summed E-state index contributed by atoms with van der Waals surface area (Å²) in [6, 6.07) is 7.93. The predicted molar refractivity (Wildman–Crippen MR) is 112 cm³/mol. The minimum Gasteiger partial charge on any atom is -0.380 e. The number of methoxy groups -OCH3 is 1. The molecule has 1 nitrogen and oxygen atoms in total. The highest BCUT2D eigenvalue weighted by Crippen LogP contribution is 2.30. The molecule has 4 rings (SSSR count). The molecule has 0 amide bonds. The summed E-state index contributed by atoms with van der Waals surface area (Å²) in [7, 11) is 1.35. The van der Waals surface area contributed by atoms with Gasteiger partial charge >= 0.3 is 0 Å². The summed E-state index contributed by atoms with van der Waals surface area (Å²) >= 11 is 0. The molecule has 0 bridgehead atoms. The summed E-state index contributed by atoms with van der Waals surface area (Å²) in [6.45, 7) is -0.0473. The molecular weight excluding hydrogens is 461 g/mol. The zero-order valence-electron chi connectivity index (χ0n) is 17.4. The Balaban J connectivity index is 1.72. The molecule has 0 radical (unpaired) electrons. The molecule has 0 aromatic heterocycles. The Kier molecular flexibility index (Phi) is 6.31. The van der Waals surface area contributed by atoms with Crippen LogP contribution >= 0.6 is 0 Å². The first-order chi connectivity index (χ1) is 16.2. The number of fused-ring (bicyclic) bond motifs is 1. The average Bonchev–Trinajstić information content (AvgIpc) is 2.76. The van der Waals surface area contributed by atoms with Gasteiger partial charge in [0.2, 0.25) is 0 Å². The molecule has 0 heterocycles. The number of benzene rings is 4. The van der Waals surface area contributed by atoms with E-state index in [0.717, 1.165) is 36.4 Å². The van der Waals surface area contributed by atoms with Crippen molar-refractivity contribution in [3.8, 4) is 23.0 Å². The van der Waals surface area contributed by atoms with Gasteiger partial charge < -0.3 is 4.74 Å². The lowest BCUT2D eigenvalue weighted by atomic mass is 10.00. The Labute approximate surface area is 189 Å². The zero-order valence-corrected chi connectivity index (χ0v) is 17.4. The van der Waals surface area contributed by atoms with Crippen LogP contribution < -0.4 is 0 Å². The van der Waals surface area contributed by atoms with E-state index in [1.54, 1.807) is 0 Å². The van der Waals surface area contributed by atoms with Crippen molar-refractivity contribution in [1.82, 2.24) is 0 Å². The van der Waals surface area contributed by atoms with Gasteiger partial charge in [-0.3, -0.25) is 0 Å². The Bertz CT molecular complexity index is 1450. The first kappa shape index (κ1) is 23.3. The van der Waals surface area contributed by atoms with E-state index in [1.165, 1.54) is 19.2 Å². The predicted octanol–water partition coefficient (Wildman–Crippen LogP) is 7.03. The van der Waals surface area contributed by atoms with Crippen LogP contribution in [0.3, 0.4) is 0 Å². The minimum atomic E-state index is -1.61. The van der Waals surface area contributed by atoms with Crippen molar-refractivity contribution in [1.29, 1.82) is 0 Å². The third-order valence-corrected chi connectivity index (χ3v) is 5.05. The number of hydrogen-bond acceptors (Lipinski definition) is 1. The fourth-order valence-electron chi connectivity index (χ4n) is 3.51. The maximum absolute atomic E-state index is 14.6. The van der Waals surface area contributed by atoms with Crippen LogP contribution in [0.4, 0.5) is 30.7 Å². The van der Waals surface area contributed by atoms with Crippen LogP contribution in [0.25, 0.3) is 21.9 Å². The quantitative estimate of drug-likeness (QED) is 0.176. The van der Waals surface area contributed by atoms with E-state index < -0.39 is 51.8 Å². The van der Waals surface area contributed by atoms with Gasteiger partial charge in [0.1, 0.15) is 23.3 Å². The monoisotopic (exact) mass is 474 g/mol. The van der Waals surface area contributed by atoms with Crippen molar-refractivity contribution < 1.29 is 35.5 Å². The van der Waals surface area contributed by atoms with E-state index in [1.807, 2.05) is 0 Å². The lowest BCUT2D eigenvalue weighted by Crippen LogP contribution is -1.98. The van der Waals surface area contributed by atoms with Crippen LogP contribution in [0.1, 0.15) is 16.7 Å². The van der Waals surface area contributed by atoms with Gasteiger partial charge in [-0.05, 0) is 59.0 Å². The van der Waals surface area contributed by atoms with Gasteiger partial charge in [-0.25, -0.2) is 30.7 Å². The molecule has 172 valence electrons. The van der Waals surface area contributed by atoms with Crippen LogP contribution in [-0.4, -0.2) is 7.11 Å². The van der Waals surface area contributed by atoms with E-state index in [0.29, 0.717) is 0 Å². The lowest BCUT2D eigenvalue weighted by molar-refractivity contribution is 0.184. The van der Waals surface area contributed by atoms with E-state index in [4.69, 9.17) is 4.74 Å². The van der Waals surface area contributed by atoms with Crippen molar-refractivity contribution in [2.75, 3.05) is 7.11 Å². The molecular formula is C26H13F7O. The zero-order chi connectivity index (χ0) is 24.6. The van der Waals surface area contributed by atoms with Gasteiger partial charge in [-0.2, -0.15) is 0 Å². The fourth-order valence-corrected chi connectivity index (χ4v) is 3.51. The molecule has 0 atom stereocenters. The van der Waals surface area contributed by atoms with Crippen molar-refractivity contribution in [3.63, 3.8) is 0 Å². The third kappa shape index (κ3) is 4.35. The number of rotatable bonds is 3. The third-order valence-electron chi connectivity index (χ3n) is 5.05. The smallest absolute Gasteiger partial charge is 0.195 e. The number of hydrogen-bond donors (Lipinski definition) is 0. The lowest BCUT2D eigenvalue weighted by Gasteiger charge is -2.09. The van der Waals surface area contributed by atoms with Crippen LogP contribution in [0.15, 0.2) is 48.5 Å². The normalized spacial score (nSPS) is 10.9. The highest BCUT2D eigenvalue weighted by Gasteiger charge is 2.18. The maximum Gasteiger partial charge on any atom is 0.195 e. The number of ether oxygens (including phenoxy) is 1. The van der Waals surface area contributed by atoms with Crippen LogP contribution in [0.2, 0.25) is 0 Å². The van der Waals surface area contributed by atoms with Crippen LogP contribution in [0, 0.1) is 52.6 Å². The van der Waals surface area contributed by atoms with Crippen LogP contribution in [-0.2, 0) is 11.3 Å². The van der Waals surface area contributed by atoms with Crippen molar-refractivity contribution in [2.45, 2.75) is 6.61 Å². The summed E-state index contributed by atoms with van der Waals surface area (Å²) in [5.74, 6) is -4.00. The average molecular weight is 474 g/mol.